The molecular weight excluding hydrogens is 320 g/mol. The average Bonchev–Trinajstić information content (AvgIpc) is 3.00. The van der Waals surface area contributed by atoms with Gasteiger partial charge in [0.05, 0.1) is 7.11 Å². The summed E-state index contributed by atoms with van der Waals surface area (Å²) in [7, 11) is 3.28. The molecule has 0 aromatic carbocycles. The van der Waals surface area contributed by atoms with E-state index in [0.717, 1.165) is 31.2 Å². The molecule has 1 aliphatic rings. The highest BCUT2D eigenvalue weighted by atomic mass is 16.5. The van der Waals surface area contributed by atoms with Crippen molar-refractivity contribution in [2.75, 3.05) is 7.11 Å². The van der Waals surface area contributed by atoms with E-state index in [4.69, 9.17) is 9.47 Å². The molecule has 0 saturated heterocycles. The fourth-order valence-electron chi connectivity index (χ4n) is 3.06. The van der Waals surface area contributed by atoms with E-state index in [0.29, 0.717) is 17.3 Å². The van der Waals surface area contributed by atoms with Crippen LogP contribution in [-0.4, -0.2) is 39.9 Å². The van der Waals surface area contributed by atoms with E-state index in [1.807, 2.05) is 25.3 Å². The van der Waals surface area contributed by atoms with Crippen molar-refractivity contribution in [3.05, 3.63) is 35.7 Å². The van der Waals surface area contributed by atoms with Crippen molar-refractivity contribution < 1.29 is 14.3 Å². The Hall–Kier alpha value is -2.57. The number of hydrogen-bond donors (Lipinski definition) is 1. The summed E-state index contributed by atoms with van der Waals surface area (Å²) < 4.78 is 12.7. The third-order valence-electron chi connectivity index (χ3n) is 4.41. The van der Waals surface area contributed by atoms with Crippen molar-refractivity contribution in [1.29, 1.82) is 0 Å². The zero-order valence-electron chi connectivity index (χ0n) is 14.9. The van der Waals surface area contributed by atoms with Gasteiger partial charge in [0.15, 0.2) is 0 Å². The van der Waals surface area contributed by atoms with Gasteiger partial charge in [-0.15, -0.1) is 5.10 Å². The van der Waals surface area contributed by atoms with E-state index >= 15 is 0 Å². The van der Waals surface area contributed by atoms with Crippen LogP contribution in [0.1, 0.15) is 41.6 Å². The molecule has 1 fully saturated rings. The van der Waals surface area contributed by atoms with Gasteiger partial charge < -0.3 is 14.8 Å². The number of aromatic nitrogens is 3. The number of methoxy groups -OCH3 is 1. The first-order valence-electron chi connectivity index (χ1n) is 8.53. The minimum Gasteiger partial charge on any atom is -0.479 e. The zero-order chi connectivity index (χ0) is 17.8. The fraction of sp³-hybridized carbons (Fsp3) is 0.500. The number of ether oxygens (including phenoxy) is 2. The summed E-state index contributed by atoms with van der Waals surface area (Å²) in [6.45, 7) is 2.00. The third-order valence-corrected chi connectivity index (χ3v) is 4.41. The molecule has 3 rings (SSSR count). The fourth-order valence-corrected chi connectivity index (χ4v) is 3.06. The smallest absolute Gasteiger partial charge is 0.258 e. The first-order valence-corrected chi connectivity index (χ1v) is 8.53. The van der Waals surface area contributed by atoms with Gasteiger partial charge in [0.25, 0.3) is 5.91 Å². The zero-order valence-corrected chi connectivity index (χ0v) is 14.9. The van der Waals surface area contributed by atoms with Crippen molar-refractivity contribution >= 4 is 5.91 Å². The molecule has 1 saturated carbocycles. The molecule has 0 atom stereocenters. The molecule has 2 aromatic heterocycles. The Kier molecular flexibility index (Phi) is 5.21. The molecule has 134 valence electrons. The molecule has 7 nitrogen and oxygen atoms in total. The Labute approximate surface area is 147 Å². The minimum atomic E-state index is -0.144. The normalized spacial score (nSPS) is 20.1. The number of carbonyl (C=O) groups is 1. The lowest BCUT2D eigenvalue weighted by Gasteiger charge is -2.29. The molecular formula is C18H24N4O3. The maximum Gasteiger partial charge on any atom is 0.258 e. The second-order valence-corrected chi connectivity index (χ2v) is 6.46. The number of amides is 1. The highest BCUT2D eigenvalue weighted by Gasteiger charge is 2.26. The van der Waals surface area contributed by atoms with Gasteiger partial charge in [-0.25, -0.2) is 4.98 Å². The average molecular weight is 344 g/mol. The number of nitrogens with one attached hydrogen (secondary N) is 1. The topological polar surface area (TPSA) is 78.3 Å². The monoisotopic (exact) mass is 344 g/mol. The van der Waals surface area contributed by atoms with Gasteiger partial charge in [0.2, 0.25) is 11.8 Å². The number of aryl methyl sites for hydroxylation is 2. The maximum absolute atomic E-state index is 12.4. The molecule has 0 spiro atoms. The Morgan fingerprint density at radius 1 is 1.28 bits per heavy atom. The maximum atomic E-state index is 12.4. The second kappa shape index (κ2) is 7.55. The number of pyridine rings is 1. The SMILES string of the molecule is COc1nn(C)cc1C(=O)NC1CCC(Oc2ccc(C)cn2)CC1. The predicted octanol–water partition coefficient (Wildman–Crippen LogP) is 2.25. The van der Waals surface area contributed by atoms with Gasteiger partial charge >= 0.3 is 0 Å². The van der Waals surface area contributed by atoms with Gasteiger partial charge in [-0.1, -0.05) is 6.07 Å². The molecule has 25 heavy (non-hydrogen) atoms. The first kappa shape index (κ1) is 17.3. The highest BCUT2D eigenvalue weighted by Crippen LogP contribution is 2.24. The molecule has 0 aliphatic heterocycles. The number of rotatable bonds is 5. The van der Waals surface area contributed by atoms with E-state index < -0.39 is 0 Å². The van der Waals surface area contributed by atoms with E-state index in [-0.39, 0.29) is 18.1 Å². The quantitative estimate of drug-likeness (QED) is 0.900. The Balaban J connectivity index is 1.50. The van der Waals surface area contributed by atoms with Crippen molar-refractivity contribution in [2.24, 2.45) is 7.05 Å². The molecule has 0 bridgehead atoms. The number of carbonyl (C=O) groups excluding carboxylic acids is 1. The lowest BCUT2D eigenvalue weighted by Crippen LogP contribution is -2.39. The number of nitrogens with zero attached hydrogens (tertiary/aromatic N) is 3. The van der Waals surface area contributed by atoms with Crippen LogP contribution in [0, 0.1) is 6.92 Å². The second-order valence-electron chi connectivity index (χ2n) is 6.46. The van der Waals surface area contributed by atoms with Crippen LogP contribution >= 0.6 is 0 Å². The lowest BCUT2D eigenvalue weighted by molar-refractivity contribution is 0.0887. The molecule has 7 heteroatoms. The van der Waals surface area contributed by atoms with Crippen LogP contribution in [0.5, 0.6) is 11.8 Å². The summed E-state index contributed by atoms with van der Waals surface area (Å²) >= 11 is 0. The summed E-state index contributed by atoms with van der Waals surface area (Å²) in [6, 6.07) is 4.04. The molecule has 1 amide bonds. The summed E-state index contributed by atoms with van der Waals surface area (Å²) in [5.74, 6) is 0.871. The molecule has 0 unspecified atom stereocenters. The number of hydrogen-bond acceptors (Lipinski definition) is 5. The van der Waals surface area contributed by atoms with Gasteiger partial charge in [-0.3, -0.25) is 9.48 Å². The van der Waals surface area contributed by atoms with Gasteiger partial charge in [0, 0.05) is 31.5 Å². The Morgan fingerprint density at radius 2 is 2.04 bits per heavy atom. The van der Waals surface area contributed by atoms with E-state index in [1.54, 1.807) is 17.9 Å². The van der Waals surface area contributed by atoms with Crippen LogP contribution < -0.4 is 14.8 Å². The minimum absolute atomic E-state index is 0.142. The van der Waals surface area contributed by atoms with Gasteiger partial charge in [0.1, 0.15) is 11.7 Å². The van der Waals surface area contributed by atoms with Crippen molar-refractivity contribution in [3.63, 3.8) is 0 Å². The van der Waals surface area contributed by atoms with Crippen LogP contribution in [0.15, 0.2) is 24.5 Å². The lowest BCUT2D eigenvalue weighted by atomic mass is 9.93. The van der Waals surface area contributed by atoms with Gasteiger partial charge in [-0.05, 0) is 38.2 Å². The standard InChI is InChI=1S/C18H24N4O3/c1-12-4-9-16(19-10-12)25-14-7-5-13(6-8-14)20-17(23)15-11-22(2)21-18(15)24-3/h4,9-11,13-14H,5-8H2,1-3H3,(H,20,23). The first-order chi connectivity index (χ1) is 12.0. The molecule has 0 radical (unpaired) electrons. The summed E-state index contributed by atoms with van der Waals surface area (Å²) in [5, 5.41) is 7.19. The molecule has 1 N–H and O–H groups in total. The molecule has 2 aromatic rings. The molecule has 2 heterocycles. The van der Waals surface area contributed by atoms with E-state index in [2.05, 4.69) is 15.4 Å². The van der Waals surface area contributed by atoms with E-state index in [1.165, 1.54) is 7.11 Å². The van der Waals surface area contributed by atoms with Crippen molar-refractivity contribution in [1.82, 2.24) is 20.1 Å². The van der Waals surface area contributed by atoms with Crippen LogP contribution in [0.2, 0.25) is 0 Å². The predicted molar refractivity (Wildman–Crippen MR) is 92.9 cm³/mol. The third kappa shape index (κ3) is 4.29. The largest absolute Gasteiger partial charge is 0.479 e. The van der Waals surface area contributed by atoms with Crippen LogP contribution in [0.4, 0.5) is 0 Å². The summed E-state index contributed by atoms with van der Waals surface area (Å²) in [4.78, 5) is 16.7. The summed E-state index contributed by atoms with van der Waals surface area (Å²) in [6.07, 6.45) is 7.18. The van der Waals surface area contributed by atoms with Gasteiger partial charge in [-0.2, -0.15) is 0 Å². The van der Waals surface area contributed by atoms with Crippen molar-refractivity contribution in [3.8, 4) is 11.8 Å². The van der Waals surface area contributed by atoms with Crippen LogP contribution in [0.25, 0.3) is 0 Å². The van der Waals surface area contributed by atoms with Crippen LogP contribution in [-0.2, 0) is 7.05 Å². The van der Waals surface area contributed by atoms with Crippen molar-refractivity contribution in [2.45, 2.75) is 44.8 Å². The highest BCUT2D eigenvalue weighted by molar-refractivity contribution is 5.96. The Bertz CT molecular complexity index is 718. The molecule has 1 aliphatic carbocycles. The van der Waals surface area contributed by atoms with Crippen LogP contribution in [0.3, 0.4) is 0 Å². The van der Waals surface area contributed by atoms with E-state index in [9.17, 15) is 4.79 Å². The Morgan fingerprint density at radius 3 is 2.68 bits per heavy atom. The summed E-state index contributed by atoms with van der Waals surface area (Å²) in [5.41, 5.74) is 1.58.